The Morgan fingerprint density at radius 2 is 1.71 bits per heavy atom. The van der Waals surface area contributed by atoms with Gasteiger partial charge >= 0.3 is 12.0 Å². The van der Waals surface area contributed by atoms with Gasteiger partial charge in [0.15, 0.2) is 0 Å². The Balaban J connectivity index is 2.45. The lowest BCUT2D eigenvalue weighted by atomic mass is 10.3. The van der Waals surface area contributed by atoms with Crippen LogP contribution in [0.5, 0.6) is 0 Å². The van der Waals surface area contributed by atoms with E-state index < -0.39 is 17.9 Å². The number of amides is 3. The molecule has 0 aliphatic carbocycles. The number of carboxylic acid groups (broad SMARTS) is 1. The molecule has 17 heavy (non-hydrogen) atoms. The first-order valence-electron chi connectivity index (χ1n) is 4.66. The van der Waals surface area contributed by atoms with Crippen molar-refractivity contribution in [3.8, 4) is 0 Å². The van der Waals surface area contributed by atoms with E-state index in [1.54, 1.807) is 30.3 Å². The zero-order valence-corrected chi connectivity index (χ0v) is 8.71. The smallest absolute Gasteiger partial charge is 0.328 e. The Kier molecular flexibility index (Phi) is 4.44. The summed E-state index contributed by atoms with van der Waals surface area (Å²) >= 11 is 0. The summed E-state index contributed by atoms with van der Waals surface area (Å²) in [5, 5.41) is 12.6. The zero-order valence-electron chi connectivity index (χ0n) is 8.71. The third-order valence-corrected chi connectivity index (χ3v) is 1.65. The standard InChI is InChI=1S/C11H10N2O4/c14-9(6-7-10(15)16)13-11(17)12-8-4-2-1-3-5-8/h1-7H,(H,15,16)(H2,12,13,14,17). The second-order valence-corrected chi connectivity index (χ2v) is 2.98. The molecule has 0 saturated carbocycles. The number of rotatable bonds is 3. The maximum atomic E-state index is 11.2. The summed E-state index contributed by atoms with van der Waals surface area (Å²) in [6.45, 7) is 0. The van der Waals surface area contributed by atoms with Crippen LogP contribution in [0.25, 0.3) is 0 Å². The number of nitrogens with one attached hydrogen (secondary N) is 2. The van der Waals surface area contributed by atoms with Crippen molar-refractivity contribution in [3.05, 3.63) is 42.5 Å². The van der Waals surface area contributed by atoms with Gasteiger partial charge in [0.05, 0.1) is 0 Å². The number of hydrogen-bond acceptors (Lipinski definition) is 3. The lowest BCUT2D eigenvalue weighted by molar-refractivity contribution is -0.131. The zero-order chi connectivity index (χ0) is 12.7. The number of para-hydroxylation sites is 1. The van der Waals surface area contributed by atoms with Gasteiger partial charge in [-0.3, -0.25) is 10.1 Å². The van der Waals surface area contributed by atoms with E-state index in [1.165, 1.54) is 0 Å². The van der Waals surface area contributed by atoms with Gasteiger partial charge in [-0.05, 0) is 12.1 Å². The average molecular weight is 234 g/mol. The highest BCUT2D eigenvalue weighted by atomic mass is 16.4. The van der Waals surface area contributed by atoms with Gasteiger partial charge in [-0.15, -0.1) is 0 Å². The third-order valence-electron chi connectivity index (χ3n) is 1.65. The highest BCUT2D eigenvalue weighted by molar-refractivity contribution is 6.06. The Morgan fingerprint density at radius 3 is 2.29 bits per heavy atom. The molecule has 0 spiro atoms. The molecule has 0 heterocycles. The predicted octanol–water partition coefficient (Wildman–Crippen LogP) is 0.975. The number of anilines is 1. The number of benzene rings is 1. The molecule has 0 bridgehead atoms. The number of carbonyl (C=O) groups excluding carboxylic acids is 2. The van der Waals surface area contributed by atoms with Crippen LogP contribution < -0.4 is 10.6 Å². The van der Waals surface area contributed by atoms with Crippen molar-refractivity contribution in [1.29, 1.82) is 0 Å². The van der Waals surface area contributed by atoms with Crippen LogP contribution >= 0.6 is 0 Å². The summed E-state index contributed by atoms with van der Waals surface area (Å²) in [4.78, 5) is 32.4. The van der Waals surface area contributed by atoms with Crippen molar-refractivity contribution < 1.29 is 19.5 Å². The molecule has 3 N–H and O–H groups in total. The summed E-state index contributed by atoms with van der Waals surface area (Å²) in [5.74, 6) is -2.07. The minimum Gasteiger partial charge on any atom is -0.478 e. The molecule has 3 amide bonds. The molecule has 6 heteroatoms. The largest absolute Gasteiger partial charge is 0.478 e. The van der Waals surface area contributed by atoms with Gasteiger partial charge in [0, 0.05) is 17.8 Å². The topological polar surface area (TPSA) is 95.5 Å². The molecule has 0 saturated heterocycles. The monoisotopic (exact) mass is 234 g/mol. The average Bonchev–Trinajstić information content (AvgIpc) is 2.27. The molecule has 6 nitrogen and oxygen atoms in total. The van der Waals surface area contributed by atoms with Crippen molar-refractivity contribution in [2.45, 2.75) is 0 Å². The highest BCUT2D eigenvalue weighted by Crippen LogP contribution is 2.03. The Morgan fingerprint density at radius 1 is 1.06 bits per heavy atom. The quantitative estimate of drug-likeness (QED) is 0.679. The van der Waals surface area contributed by atoms with Crippen LogP contribution in [-0.2, 0) is 9.59 Å². The fraction of sp³-hybridized carbons (Fsp3) is 0. The first-order valence-corrected chi connectivity index (χ1v) is 4.66. The molecule has 1 rings (SSSR count). The molecule has 1 aromatic carbocycles. The summed E-state index contributed by atoms with van der Waals surface area (Å²) in [5.41, 5.74) is 0.528. The van der Waals surface area contributed by atoms with E-state index >= 15 is 0 Å². The Labute approximate surface area is 96.9 Å². The lowest BCUT2D eigenvalue weighted by Gasteiger charge is -2.04. The van der Waals surface area contributed by atoms with Crippen LogP contribution in [0.4, 0.5) is 10.5 Å². The van der Waals surface area contributed by atoms with E-state index in [9.17, 15) is 14.4 Å². The van der Waals surface area contributed by atoms with Crippen LogP contribution in [0.3, 0.4) is 0 Å². The number of urea groups is 1. The van der Waals surface area contributed by atoms with Crippen molar-refractivity contribution >= 4 is 23.6 Å². The molecule has 0 aliphatic heterocycles. The lowest BCUT2D eigenvalue weighted by Crippen LogP contribution is -2.33. The van der Waals surface area contributed by atoms with Gasteiger partial charge in [0.25, 0.3) is 5.91 Å². The van der Waals surface area contributed by atoms with E-state index in [0.29, 0.717) is 11.8 Å². The van der Waals surface area contributed by atoms with Crippen molar-refractivity contribution in [3.63, 3.8) is 0 Å². The molecule has 0 aliphatic rings. The number of carboxylic acids is 1. The van der Waals surface area contributed by atoms with Gasteiger partial charge in [-0.2, -0.15) is 0 Å². The van der Waals surface area contributed by atoms with Crippen LogP contribution in [-0.4, -0.2) is 23.0 Å². The first kappa shape index (κ1) is 12.4. The number of carbonyl (C=O) groups is 3. The van der Waals surface area contributed by atoms with Crippen molar-refractivity contribution in [1.82, 2.24) is 5.32 Å². The molecule has 0 atom stereocenters. The molecular weight excluding hydrogens is 224 g/mol. The molecule has 0 unspecified atom stereocenters. The summed E-state index contributed by atoms with van der Waals surface area (Å²) in [6, 6.07) is 7.80. The van der Waals surface area contributed by atoms with Crippen LogP contribution in [0.15, 0.2) is 42.5 Å². The third kappa shape index (κ3) is 5.12. The van der Waals surface area contributed by atoms with Crippen LogP contribution in [0.1, 0.15) is 0 Å². The van der Waals surface area contributed by atoms with Gasteiger partial charge in [0.1, 0.15) is 0 Å². The second kappa shape index (κ2) is 6.06. The van der Waals surface area contributed by atoms with E-state index in [1.807, 2.05) is 5.32 Å². The number of hydrogen-bond donors (Lipinski definition) is 3. The minimum absolute atomic E-state index is 0.528. The second-order valence-electron chi connectivity index (χ2n) is 2.98. The maximum absolute atomic E-state index is 11.2. The summed E-state index contributed by atoms with van der Waals surface area (Å²) in [7, 11) is 0. The predicted molar refractivity (Wildman–Crippen MR) is 60.4 cm³/mol. The van der Waals surface area contributed by atoms with E-state index in [-0.39, 0.29) is 0 Å². The maximum Gasteiger partial charge on any atom is 0.328 e. The molecular formula is C11H10N2O4. The van der Waals surface area contributed by atoms with E-state index in [2.05, 4.69) is 5.32 Å². The van der Waals surface area contributed by atoms with Crippen molar-refractivity contribution in [2.75, 3.05) is 5.32 Å². The van der Waals surface area contributed by atoms with Gasteiger partial charge in [0.2, 0.25) is 0 Å². The Hall–Kier alpha value is -2.63. The van der Waals surface area contributed by atoms with E-state index in [4.69, 9.17) is 5.11 Å². The number of aliphatic carboxylic acids is 1. The minimum atomic E-state index is -1.26. The van der Waals surface area contributed by atoms with Crippen LogP contribution in [0.2, 0.25) is 0 Å². The normalized spacial score (nSPS) is 9.88. The Bertz CT molecular complexity index is 454. The van der Waals surface area contributed by atoms with E-state index in [0.717, 1.165) is 6.08 Å². The first-order chi connectivity index (χ1) is 8.08. The van der Waals surface area contributed by atoms with Gasteiger partial charge < -0.3 is 10.4 Å². The van der Waals surface area contributed by atoms with Crippen molar-refractivity contribution in [2.24, 2.45) is 0 Å². The molecule has 88 valence electrons. The van der Waals surface area contributed by atoms with Gasteiger partial charge in [-0.25, -0.2) is 9.59 Å². The summed E-state index contributed by atoms with van der Waals surface area (Å²) in [6.07, 6.45) is 1.40. The summed E-state index contributed by atoms with van der Waals surface area (Å²) < 4.78 is 0. The van der Waals surface area contributed by atoms with Crippen LogP contribution in [0, 0.1) is 0 Å². The SMILES string of the molecule is O=C(O)C=CC(=O)NC(=O)Nc1ccccc1. The molecule has 0 fully saturated rings. The highest BCUT2D eigenvalue weighted by Gasteiger charge is 2.04. The molecule has 0 radical (unpaired) electrons. The molecule has 0 aromatic heterocycles. The fourth-order valence-electron chi connectivity index (χ4n) is 0.984. The number of imide groups is 1. The van der Waals surface area contributed by atoms with Gasteiger partial charge in [-0.1, -0.05) is 18.2 Å². The fourth-order valence-corrected chi connectivity index (χ4v) is 0.984. The molecule has 1 aromatic rings.